The van der Waals surface area contributed by atoms with Crippen molar-refractivity contribution in [3.63, 3.8) is 0 Å². The molecular formula is C39H46N2O13. The molecule has 0 bridgehead atoms. The highest BCUT2D eigenvalue weighted by Gasteiger charge is 2.55. The van der Waals surface area contributed by atoms with E-state index in [0.717, 1.165) is 16.7 Å². The quantitative estimate of drug-likeness (QED) is 0.164. The second-order valence-electron chi connectivity index (χ2n) is 14.3. The highest BCUT2D eigenvalue weighted by atomic mass is 16.8. The van der Waals surface area contributed by atoms with Crippen molar-refractivity contribution in [2.24, 2.45) is 0 Å². The maximum atomic E-state index is 14.0. The minimum absolute atomic E-state index is 0.0224. The Balaban J connectivity index is 1.02. The Morgan fingerprint density at radius 1 is 0.963 bits per heavy atom. The number of hydrogen-bond donors (Lipinski definition) is 6. The molecule has 2 aliphatic carbocycles. The van der Waals surface area contributed by atoms with Crippen molar-refractivity contribution in [1.82, 2.24) is 10.2 Å². The van der Waals surface area contributed by atoms with Crippen LogP contribution in [0.5, 0.6) is 0 Å². The molecule has 2 amide bonds. The zero-order valence-corrected chi connectivity index (χ0v) is 29.6. The van der Waals surface area contributed by atoms with Crippen molar-refractivity contribution in [1.29, 1.82) is 0 Å². The molecule has 0 aromatic heterocycles. The standard InChI is InChI=1S/C39H46N2O13/c42-15-13-40-35(47)27-8-3-14-41(27)36(48)26-17-28(34-29(18-26)53-39(54-34)19-24-6-1-2-7-25(24)20-39)51-37(49)23-11-9-22(10-12-23)5-4-16-50-38-33(46)32(45)31(44)30(21-43)52-38/h1-2,4-7,9-12,18,27-34,38,42-46H,3,8,13-17,19-21H2,(H,40,47). The average Bonchev–Trinajstić information content (AvgIpc) is 3.91. The summed E-state index contributed by atoms with van der Waals surface area (Å²) in [6, 6.07) is 13.9. The van der Waals surface area contributed by atoms with Crippen molar-refractivity contribution >= 4 is 23.9 Å². The number of fused-ring (bicyclic) bond motifs is 2. The monoisotopic (exact) mass is 750 g/mol. The van der Waals surface area contributed by atoms with Crippen LogP contribution in [0.1, 0.15) is 46.3 Å². The predicted molar refractivity (Wildman–Crippen MR) is 188 cm³/mol. The zero-order valence-electron chi connectivity index (χ0n) is 29.6. The molecule has 9 unspecified atom stereocenters. The number of nitrogens with one attached hydrogen (secondary N) is 1. The number of aliphatic hydroxyl groups is 5. The Bertz CT molecular complexity index is 1720. The van der Waals surface area contributed by atoms with E-state index in [9.17, 15) is 39.9 Å². The summed E-state index contributed by atoms with van der Waals surface area (Å²) < 4.78 is 30.1. The van der Waals surface area contributed by atoms with Crippen LogP contribution in [-0.4, -0.2) is 142 Å². The van der Waals surface area contributed by atoms with Gasteiger partial charge in [0.1, 0.15) is 48.8 Å². The van der Waals surface area contributed by atoms with E-state index in [1.54, 1.807) is 42.5 Å². The molecular weight excluding hydrogens is 704 g/mol. The minimum atomic E-state index is -1.54. The first-order valence-electron chi connectivity index (χ1n) is 18.3. The fourth-order valence-corrected chi connectivity index (χ4v) is 7.89. The van der Waals surface area contributed by atoms with Crippen molar-refractivity contribution in [2.45, 2.75) is 93.0 Å². The third-order valence-electron chi connectivity index (χ3n) is 10.6. The van der Waals surface area contributed by atoms with Crippen molar-refractivity contribution in [3.8, 4) is 0 Å². The van der Waals surface area contributed by atoms with E-state index < -0.39 is 73.4 Å². The first-order chi connectivity index (χ1) is 26.1. The largest absolute Gasteiger partial charge is 0.456 e. The van der Waals surface area contributed by atoms with Gasteiger partial charge in [-0.3, -0.25) is 9.59 Å². The second-order valence-corrected chi connectivity index (χ2v) is 14.3. The molecule has 3 heterocycles. The Morgan fingerprint density at radius 3 is 2.41 bits per heavy atom. The van der Waals surface area contributed by atoms with Gasteiger partial charge in [-0.2, -0.15) is 0 Å². The van der Waals surface area contributed by atoms with Crippen molar-refractivity contribution in [3.05, 3.63) is 88.5 Å². The van der Waals surface area contributed by atoms with E-state index >= 15 is 0 Å². The Kier molecular flexibility index (Phi) is 11.6. The molecule has 290 valence electrons. The van der Waals surface area contributed by atoms with Gasteiger partial charge in [0.15, 0.2) is 12.1 Å². The topological polar surface area (TPSA) is 214 Å². The third-order valence-corrected chi connectivity index (χ3v) is 10.6. The number of carbonyl (C=O) groups excluding carboxylic acids is 3. The highest BCUT2D eigenvalue weighted by Crippen LogP contribution is 2.45. The molecule has 15 nitrogen and oxygen atoms in total. The van der Waals surface area contributed by atoms with Crippen LogP contribution >= 0.6 is 0 Å². The van der Waals surface area contributed by atoms with Crippen LogP contribution < -0.4 is 5.32 Å². The number of nitrogens with zero attached hydrogens (tertiary/aromatic N) is 1. The van der Waals surface area contributed by atoms with E-state index in [0.29, 0.717) is 37.8 Å². The van der Waals surface area contributed by atoms with E-state index in [4.69, 9.17) is 23.7 Å². The number of amides is 2. The van der Waals surface area contributed by atoms with Crippen LogP contribution in [0.15, 0.2) is 66.3 Å². The Morgan fingerprint density at radius 2 is 1.70 bits per heavy atom. The maximum Gasteiger partial charge on any atom is 0.338 e. The summed E-state index contributed by atoms with van der Waals surface area (Å²) in [5.74, 6) is -2.24. The van der Waals surface area contributed by atoms with Gasteiger partial charge in [0.05, 0.1) is 25.4 Å². The van der Waals surface area contributed by atoms with Crippen LogP contribution in [0, 0.1) is 0 Å². The molecule has 15 heteroatoms. The molecule has 3 fully saturated rings. The number of hydrogen-bond acceptors (Lipinski definition) is 13. The molecule has 1 spiro atoms. The average molecular weight is 751 g/mol. The molecule has 54 heavy (non-hydrogen) atoms. The molecule has 3 saturated heterocycles. The lowest BCUT2D eigenvalue weighted by Gasteiger charge is -2.39. The molecule has 2 aromatic rings. The lowest BCUT2D eigenvalue weighted by Crippen LogP contribution is -2.59. The lowest BCUT2D eigenvalue weighted by molar-refractivity contribution is -0.298. The second kappa shape index (κ2) is 16.4. The van der Waals surface area contributed by atoms with Gasteiger partial charge in [0.25, 0.3) is 0 Å². The summed E-state index contributed by atoms with van der Waals surface area (Å²) in [6.45, 7) is -0.307. The summed E-state index contributed by atoms with van der Waals surface area (Å²) >= 11 is 0. The van der Waals surface area contributed by atoms with Gasteiger partial charge in [-0.05, 0) is 47.7 Å². The SMILES string of the molecule is O=C(OC1CC(C(=O)N2CCCC2C(=O)NCCO)=CC2OC3(Cc4ccccc4C3)OC21)c1ccc(C=CCOC2OC(CO)C(O)C(O)C2O)cc1. The van der Waals surface area contributed by atoms with Crippen LogP contribution in [0.2, 0.25) is 0 Å². The van der Waals surface area contributed by atoms with Crippen LogP contribution in [0.3, 0.4) is 0 Å². The number of benzene rings is 2. The number of carbonyl (C=O) groups is 3. The summed E-state index contributed by atoms with van der Waals surface area (Å²) in [5.41, 5.74) is 3.57. The van der Waals surface area contributed by atoms with E-state index in [1.165, 1.54) is 4.90 Å². The smallest absolute Gasteiger partial charge is 0.338 e. The van der Waals surface area contributed by atoms with Gasteiger partial charge in [0.2, 0.25) is 11.8 Å². The highest BCUT2D eigenvalue weighted by molar-refractivity contribution is 5.98. The van der Waals surface area contributed by atoms with E-state index in [-0.39, 0.29) is 43.6 Å². The minimum Gasteiger partial charge on any atom is -0.456 e. The molecule has 3 aliphatic heterocycles. The molecule has 0 saturated carbocycles. The van der Waals surface area contributed by atoms with Crippen LogP contribution in [-0.2, 0) is 46.1 Å². The number of esters is 1. The zero-order chi connectivity index (χ0) is 38.0. The third kappa shape index (κ3) is 7.87. The summed E-state index contributed by atoms with van der Waals surface area (Å²) in [4.78, 5) is 42.0. The molecule has 2 aromatic carbocycles. The molecule has 5 aliphatic rings. The maximum absolute atomic E-state index is 14.0. The fourth-order valence-electron chi connectivity index (χ4n) is 7.89. The number of ether oxygens (including phenoxy) is 5. The van der Waals surface area contributed by atoms with Crippen LogP contribution in [0.4, 0.5) is 0 Å². The fraction of sp³-hybridized carbons (Fsp3) is 0.513. The normalized spacial score (nSPS) is 31.3. The van der Waals surface area contributed by atoms with E-state index in [1.807, 2.05) is 24.3 Å². The van der Waals surface area contributed by atoms with Gasteiger partial charge in [-0.25, -0.2) is 4.79 Å². The first-order valence-corrected chi connectivity index (χ1v) is 18.3. The van der Waals surface area contributed by atoms with Gasteiger partial charge in [0, 0.05) is 37.9 Å². The molecule has 7 rings (SSSR count). The number of rotatable bonds is 11. The Hall–Kier alpha value is -4.03. The van der Waals surface area contributed by atoms with E-state index in [2.05, 4.69) is 5.32 Å². The van der Waals surface area contributed by atoms with Crippen molar-refractivity contribution < 1.29 is 63.6 Å². The number of likely N-dealkylation sites (tertiary alicyclic amines) is 1. The summed E-state index contributed by atoms with van der Waals surface area (Å²) in [6.07, 6.45) is -1.73. The first kappa shape index (κ1) is 38.3. The van der Waals surface area contributed by atoms with Crippen molar-refractivity contribution in [2.75, 3.05) is 32.9 Å². The summed E-state index contributed by atoms with van der Waals surface area (Å²) in [5, 5.41) is 51.3. The predicted octanol–water partition coefficient (Wildman–Crippen LogP) is -0.250. The molecule has 9 atom stereocenters. The van der Waals surface area contributed by atoms with Gasteiger partial charge in [-0.15, -0.1) is 0 Å². The van der Waals surface area contributed by atoms with Gasteiger partial charge >= 0.3 is 5.97 Å². The summed E-state index contributed by atoms with van der Waals surface area (Å²) in [7, 11) is 0. The van der Waals surface area contributed by atoms with Crippen LogP contribution in [0.25, 0.3) is 6.08 Å². The molecule has 0 radical (unpaired) electrons. The number of aliphatic hydroxyl groups excluding tert-OH is 5. The Labute approximate surface area is 311 Å². The van der Waals surface area contributed by atoms with Gasteiger partial charge < -0.3 is 59.4 Å². The van der Waals surface area contributed by atoms with Gasteiger partial charge in [-0.1, -0.05) is 48.6 Å². The lowest BCUT2D eigenvalue weighted by atomic mass is 9.91. The molecule has 6 N–H and O–H groups in total.